The van der Waals surface area contributed by atoms with Crippen LogP contribution in [0.4, 0.5) is 0 Å². The summed E-state index contributed by atoms with van der Waals surface area (Å²) in [5.74, 6) is -1.06. The zero-order valence-corrected chi connectivity index (χ0v) is 10.9. The molecule has 1 N–H and O–H groups in total. The van der Waals surface area contributed by atoms with Crippen molar-refractivity contribution >= 4 is 28.1 Å². The Labute approximate surface area is 113 Å². The van der Waals surface area contributed by atoms with E-state index in [1.54, 1.807) is 24.3 Å². The summed E-state index contributed by atoms with van der Waals surface area (Å²) in [5.41, 5.74) is 0. The Hall–Kier alpha value is -0.680. The number of benzene rings is 1. The number of hydrogen-bond donors (Lipinski definition) is 1. The van der Waals surface area contributed by atoms with Crippen LogP contribution in [0, 0.1) is 0 Å². The van der Waals surface area contributed by atoms with Gasteiger partial charge in [0.15, 0.2) is 0 Å². The van der Waals surface area contributed by atoms with Crippen LogP contribution in [0.2, 0.25) is 0 Å². The van der Waals surface area contributed by atoms with Gasteiger partial charge in [-0.25, -0.2) is 4.79 Å². The molecule has 3 nitrogen and oxygen atoms in total. The SMILES string of the molecule is O=C(O)c1cc2ccccc2c(=O)s1.[H-].[Na+]. The summed E-state index contributed by atoms with van der Waals surface area (Å²) in [6, 6.07) is 8.48. The number of rotatable bonds is 1. The molecule has 0 aliphatic heterocycles. The Morgan fingerprint density at radius 1 is 1.33 bits per heavy atom. The Bertz CT molecular complexity index is 567. The molecule has 0 aliphatic rings. The van der Waals surface area contributed by atoms with Crippen molar-refractivity contribution in [2.24, 2.45) is 0 Å². The van der Waals surface area contributed by atoms with Crippen molar-refractivity contribution in [3.05, 3.63) is 44.7 Å². The topological polar surface area (TPSA) is 54.4 Å². The maximum atomic E-state index is 11.5. The summed E-state index contributed by atoms with van der Waals surface area (Å²) >= 11 is 0.760. The molecule has 0 atom stereocenters. The molecule has 72 valence electrons. The van der Waals surface area contributed by atoms with Crippen molar-refractivity contribution in [1.29, 1.82) is 0 Å². The van der Waals surface area contributed by atoms with Crippen molar-refractivity contribution in [3.63, 3.8) is 0 Å². The smallest absolute Gasteiger partial charge is 1.00 e. The summed E-state index contributed by atoms with van der Waals surface area (Å²) in [6.45, 7) is 0. The van der Waals surface area contributed by atoms with Crippen LogP contribution in [0.1, 0.15) is 11.1 Å². The molecule has 0 radical (unpaired) electrons. The van der Waals surface area contributed by atoms with E-state index in [2.05, 4.69) is 0 Å². The molecule has 0 bridgehead atoms. The predicted molar refractivity (Wildman–Crippen MR) is 56.2 cm³/mol. The third-order valence-electron chi connectivity index (χ3n) is 1.88. The van der Waals surface area contributed by atoms with Crippen molar-refractivity contribution in [1.82, 2.24) is 0 Å². The Kier molecular flexibility index (Phi) is 4.04. The third-order valence-corrected chi connectivity index (χ3v) is 2.80. The molecular weight excluding hydrogens is 223 g/mol. The molecule has 0 saturated heterocycles. The van der Waals surface area contributed by atoms with Crippen LogP contribution >= 0.6 is 11.3 Å². The van der Waals surface area contributed by atoms with Gasteiger partial charge in [0.05, 0.1) is 0 Å². The first-order valence-electron chi connectivity index (χ1n) is 3.94. The van der Waals surface area contributed by atoms with E-state index in [9.17, 15) is 9.59 Å². The first-order valence-corrected chi connectivity index (χ1v) is 4.76. The van der Waals surface area contributed by atoms with Gasteiger partial charge in [-0.15, -0.1) is 0 Å². The minimum absolute atomic E-state index is 0. The second kappa shape index (κ2) is 4.90. The van der Waals surface area contributed by atoms with Crippen molar-refractivity contribution in [2.45, 2.75) is 0 Å². The number of carboxylic acids is 1. The van der Waals surface area contributed by atoms with Gasteiger partial charge in [0.25, 0.3) is 0 Å². The third kappa shape index (κ3) is 2.46. The van der Waals surface area contributed by atoms with Crippen molar-refractivity contribution < 1.29 is 40.9 Å². The van der Waals surface area contributed by atoms with Crippen LogP contribution in [0.3, 0.4) is 0 Å². The minimum Gasteiger partial charge on any atom is -1.00 e. The van der Waals surface area contributed by atoms with Gasteiger partial charge in [0, 0.05) is 5.39 Å². The van der Waals surface area contributed by atoms with E-state index in [1.165, 1.54) is 6.07 Å². The second-order valence-electron chi connectivity index (χ2n) is 2.79. The fourth-order valence-electron chi connectivity index (χ4n) is 1.24. The maximum absolute atomic E-state index is 11.5. The first kappa shape index (κ1) is 12.4. The van der Waals surface area contributed by atoms with Gasteiger partial charge in [-0.1, -0.05) is 29.5 Å². The summed E-state index contributed by atoms with van der Waals surface area (Å²) in [7, 11) is 0. The summed E-state index contributed by atoms with van der Waals surface area (Å²) in [5, 5.41) is 9.99. The zero-order valence-electron chi connectivity index (χ0n) is 9.06. The van der Waals surface area contributed by atoms with Gasteiger partial charge in [-0.3, -0.25) is 4.79 Å². The number of carbonyl (C=O) groups is 1. The van der Waals surface area contributed by atoms with Gasteiger partial charge in [-0.2, -0.15) is 0 Å². The molecule has 1 heterocycles. The Morgan fingerprint density at radius 2 is 2.00 bits per heavy atom. The average Bonchev–Trinajstić information content (AvgIpc) is 2.17. The van der Waals surface area contributed by atoms with E-state index < -0.39 is 5.97 Å². The van der Waals surface area contributed by atoms with Crippen molar-refractivity contribution in [2.75, 3.05) is 0 Å². The fraction of sp³-hybridized carbons (Fsp3) is 0. The van der Waals surface area contributed by atoms with Gasteiger partial charge in [0.2, 0.25) is 4.74 Å². The Morgan fingerprint density at radius 3 is 2.67 bits per heavy atom. The molecule has 0 saturated carbocycles. The van der Waals surface area contributed by atoms with Crippen molar-refractivity contribution in [3.8, 4) is 0 Å². The standard InChI is InChI=1S/C10H6O3S.Na.H/c11-9(12)8-5-6-3-1-2-4-7(6)10(13)14-8;;/h1-5H,(H,11,12);;/q;+1;-1. The van der Waals surface area contributed by atoms with Crippen LogP contribution in [0.5, 0.6) is 0 Å². The molecular formula is C10H7NaO3S. The molecule has 2 rings (SSSR count). The first-order chi connectivity index (χ1) is 6.68. The molecule has 1 aromatic heterocycles. The molecule has 2 aromatic rings. The molecule has 0 amide bonds. The van der Waals surface area contributed by atoms with Crippen LogP contribution in [-0.2, 0) is 0 Å². The normalized spacial score (nSPS) is 9.60. The summed E-state index contributed by atoms with van der Waals surface area (Å²) < 4.78 is -0.208. The number of fused-ring (bicyclic) bond motifs is 1. The molecule has 0 fully saturated rings. The van der Waals surface area contributed by atoms with Gasteiger partial charge in [0.1, 0.15) is 4.88 Å². The zero-order chi connectivity index (χ0) is 10.1. The van der Waals surface area contributed by atoms with Gasteiger partial charge < -0.3 is 6.53 Å². The quantitative estimate of drug-likeness (QED) is 0.644. The second-order valence-corrected chi connectivity index (χ2v) is 3.81. The van der Waals surface area contributed by atoms with Crippen LogP contribution < -0.4 is 34.3 Å². The molecule has 15 heavy (non-hydrogen) atoms. The van der Waals surface area contributed by atoms with E-state index in [1.807, 2.05) is 0 Å². The fourth-order valence-corrected chi connectivity index (χ4v) is 2.01. The monoisotopic (exact) mass is 230 g/mol. The molecule has 0 unspecified atom stereocenters. The van der Waals surface area contributed by atoms with E-state index in [4.69, 9.17) is 5.11 Å². The van der Waals surface area contributed by atoms with E-state index >= 15 is 0 Å². The molecule has 0 aliphatic carbocycles. The number of carboxylic acid groups (broad SMARTS) is 1. The van der Waals surface area contributed by atoms with Gasteiger partial charge >= 0.3 is 35.5 Å². The predicted octanol–water partition coefficient (Wildman–Crippen LogP) is -0.924. The molecule has 5 heteroatoms. The minimum atomic E-state index is -1.06. The molecule has 1 aromatic carbocycles. The van der Waals surface area contributed by atoms with Crippen LogP contribution in [0.15, 0.2) is 35.1 Å². The Balaban J connectivity index is 0.00000112. The van der Waals surface area contributed by atoms with E-state index in [0.29, 0.717) is 10.8 Å². The number of aromatic carboxylic acids is 1. The van der Waals surface area contributed by atoms with Crippen LogP contribution in [0.25, 0.3) is 10.8 Å². The van der Waals surface area contributed by atoms with Gasteiger partial charge in [-0.05, 0) is 17.5 Å². The van der Waals surface area contributed by atoms with E-state index in [-0.39, 0.29) is 40.6 Å². The molecule has 0 spiro atoms. The average molecular weight is 230 g/mol. The summed E-state index contributed by atoms with van der Waals surface area (Å²) in [4.78, 5) is 22.2. The van der Waals surface area contributed by atoms with E-state index in [0.717, 1.165) is 11.3 Å². The van der Waals surface area contributed by atoms with Crippen LogP contribution in [-0.4, -0.2) is 11.1 Å². The maximum Gasteiger partial charge on any atom is 1.00 e. The number of hydrogen-bond acceptors (Lipinski definition) is 3. The largest absolute Gasteiger partial charge is 1.00 e. The summed E-state index contributed by atoms with van der Waals surface area (Å²) in [6.07, 6.45) is 0.